The zero-order valence-corrected chi connectivity index (χ0v) is 12.9. The summed E-state index contributed by atoms with van der Waals surface area (Å²) in [5, 5.41) is 2.99. The molecule has 1 N–H and O–H groups in total. The number of ether oxygens (including phenoxy) is 1. The Kier molecular flexibility index (Phi) is 6.78. The third kappa shape index (κ3) is 5.15. The number of benzene rings is 1. The molecule has 0 saturated carbocycles. The third-order valence-corrected chi connectivity index (χ3v) is 4.19. The number of carbonyl (C=O) groups is 1. The zero-order valence-electron chi connectivity index (χ0n) is 12.1. The van der Waals surface area contributed by atoms with Crippen molar-refractivity contribution in [3.63, 3.8) is 0 Å². The minimum Gasteiger partial charge on any atom is -0.497 e. The first-order valence-corrected chi connectivity index (χ1v) is 7.59. The van der Waals surface area contributed by atoms with Crippen molar-refractivity contribution in [3.8, 4) is 5.75 Å². The van der Waals surface area contributed by atoms with Gasteiger partial charge in [0.15, 0.2) is 0 Å². The second-order valence-electron chi connectivity index (χ2n) is 4.46. The van der Waals surface area contributed by atoms with Crippen molar-refractivity contribution in [2.24, 2.45) is 0 Å². The molecule has 1 aromatic rings. The smallest absolute Gasteiger partial charge is 0.233 e. The summed E-state index contributed by atoms with van der Waals surface area (Å²) < 4.78 is 5.11. The van der Waals surface area contributed by atoms with E-state index in [0.717, 1.165) is 23.5 Å². The van der Waals surface area contributed by atoms with E-state index >= 15 is 0 Å². The number of amides is 1. The largest absolute Gasteiger partial charge is 0.497 e. The summed E-state index contributed by atoms with van der Waals surface area (Å²) >= 11 is 1.57. The second kappa shape index (κ2) is 8.10. The number of thioether (sulfide) groups is 1. The van der Waals surface area contributed by atoms with E-state index in [4.69, 9.17) is 4.74 Å². The predicted octanol–water partition coefficient (Wildman–Crippen LogP) is 3.48. The van der Waals surface area contributed by atoms with E-state index in [-0.39, 0.29) is 17.2 Å². The average molecular weight is 281 g/mol. The molecule has 1 atom stereocenters. The maximum Gasteiger partial charge on any atom is 0.233 e. The molecule has 0 radical (unpaired) electrons. The maximum absolute atomic E-state index is 12.0. The standard InChI is InChI=1S/C15H23NO2S/c1-5-12(6-2)16-15(17)11(3)19-14-9-7-13(18-4)8-10-14/h7-12H,5-6H2,1-4H3,(H,16,17). The van der Waals surface area contributed by atoms with Crippen molar-refractivity contribution in [2.45, 2.75) is 49.8 Å². The summed E-state index contributed by atoms with van der Waals surface area (Å²) in [4.78, 5) is 13.1. The first kappa shape index (κ1) is 15.9. The SMILES string of the molecule is CCC(CC)NC(=O)C(C)Sc1ccc(OC)cc1. The highest BCUT2D eigenvalue weighted by atomic mass is 32.2. The highest BCUT2D eigenvalue weighted by Crippen LogP contribution is 2.25. The first-order valence-electron chi connectivity index (χ1n) is 6.71. The van der Waals surface area contributed by atoms with Gasteiger partial charge in [-0.15, -0.1) is 11.8 Å². The number of hydrogen-bond acceptors (Lipinski definition) is 3. The van der Waals surface area contributed by atoms with E-state index in [1.54, 1.807) is 18.9 Å². The number of nitrogens with one attached hydrogen (secondary N) is 1. The molecule has 4 heteroatoms. The lowest BCUT2D eigenvalue weighted by atomic mass is 10.2. The predicted molar refractivity (Wildman–Crippen MR) is 80.8 cm³/mol. The van der Waals surface area contributed by atoms with Crippen LogP contribution in [0.5, 0.6) is 5.75 Å². The molecule has 1 aromatic carbocycles. The van der Waals surface area contributed by atoms with Gasteiger partial charge in [-0.3, -0.25) is 4.79 Å². The minimum absolute atomic E-state index is 0.0889. The van der Waals surface area contributed by atoms with Crippen molar-refractivity contribution < 1.29 is 9.53 Å². The van der Waals surface area contributed by atoms with E-state index in [0.29, 0.717) is 0 Å². The van der Waals surface area contributed by atoms with Gasteiger partial charge in [-0.25, -0.2) is 0 Å². The Hall–Kier alpha value is -1.16. The highest BCUT2D eigenvalue weighted by Gasteiger charge is 2.16. The van der Waals surface area contributed by atoms with Crippen LogP contribution in [0.2, 0.25) is 0 Å². The lowest BCUT2D eigenvalue weighted by molar-refractivity contribution is -0.121. The van der Waals surface area contributed by atoms with Crippen molar-refractivity contribution in [1.29, 1.82) is 0 Å². The fourth-order valence-electron chi connectivity index (χ4n) is 1.72. The Balaban J connectivity index is 2.53. The Labute approximate surface area is 120 Å². The third-order valence-electron chi connectivity index (χ3n) is 3.07. The summed E-state index contributed by atoms with van der Waals surface area (Å²) in [6.07, 6.45) is 1.95. The van der Waals surface area contributed by atoms with Crippen molar-refractivity contribution in [2.75, 3.05) is 7.11 Å². The van der Waals surface area contributed by atoms with Crippen LogP contribution in [0, 0.1) is 0 Å². The molecule has 19 heavy (non-hydrogen) atoms. The van der Waals surface area contributed by atoms with Crippen LogP contribution in [0.4, 0.5) is 0 Å². The molecule has 1 rings (SSSR count). The van der Waals surface area contributed by atoms with Crippen LogP contribution < -0.4 is 10.1 Å². The van der Waals surface area contributed by atoms with E-state index < -0.39 is 0 Å². The average Bonchev–Trinajstić information content (AvgIpc) is 2.45. The normalized spacial score (nSPS) is 12.3. The van der Waals surface area contributed by atoms with Gasteiger partial charge in [-0.05, 0) is 44.0 Å². The molecule has 0 spiro atoms. The molecule has 0 aromatic heterocycles. The summed E-state index contributed by atoms with van der Waals surface area (Å²) in [5.74, 6) is 0.938. The van der Waals surface area contributed by atoms with Gasteiger partial charge in [0.25, 0.3) is 0 Å². The highest BCUT2D eigenvalue weighted by molar-refractivity contribution is 8.00. The van der Waals surface area contributed by atoms with E-state index in [1.807, 2.05) is 31.2 Å². The topological polar surface area (TPSA) is 38.3 Å². The minimum atomic E-state index is -0.0889. The quantitative estimate of drug-likeness (QED) is 0.778. The zero-order chi connectivity index (χ0) is 14.3. The van der Waals surface area contributed by atoms with Gasteiger partial charge in [-0.1, -0.05) is 13.8 Å². The summed E-state index contributed by atoms with van der Waals surface area (Å²) in [7, 11) is 1.65. The Bertz CT molecular complexity index is 388. The molecule has 0 aliphatic heterocycles. The molecular formula is C15H23NO2S. The van der Waals surface area contributed by atoms with E-state index in [1.165, 1.54) is 0 Å². The van der Waals surface area contributed by atoms with Crippen LogP contribution in [-0.2, 0) is 4.79 Å². The van der Waals surface area contributed by atoms with Crippen molar-refractivity contribution in [3.05, 3.63) is 24.3 Å². The Morgan fingerprint density at radius 3 is 2.32 bits per heavy atom. The Morgan fingerprint density at radius 2 is 1.84 bits per heavy atom. The number of methoxy groups -OCH3 is 1. The van der Waals surface area contributed by atoms with Crippen LogP contribution in [0.3, 0.4) is 0 Å². The summed E-state index contributed by atoms with van der Waals surface area (Å²) in [6, 6.07) is 8.06. The molecule has 3 nitrogen and oxygen atoms in total. The van der Waals surface area contributed by atoms with Crippen LogP contribution in [0.1, 0.15) is 33.6 Å². The van der Waals surface area contributed by atoms with Crippen LogP contribution >= 0.6 is 11.8 Å². The van der Waals surface area contributed by atoms with E-state index in [9.17, 15) is 4.79 Å². The van der Waals surface area contributed by atoms with E-state index in [2.05, 4.69) is 19.2 Å². The van der Waals surface area contributed by atoms with Gasteiger partial charge in [0.05, 0.1) is 12.4 Å². The molecule has 0 heterocycles. The molecule has 106 valence electrons. The van der Waals surface area contributed by atoms with Gasteiger partial charge in [-0.2, -0.15) is 0 Å². The van der Waals surface area contributed by atoms with Crippen LogP contribution in [0.25, 0.3) is 0 Å². The fraction of sp³-hybridized carbons (Fsp3) is 0.533. The summed E-state index contributed by atoms with van der Waals surface area (Å²) in [6.45, 7) is 6.12. The van der Waals surface area contributed by atoms with Crippen LogP contribution in [-0.4, -0.2) is 24.3 Å². The van der Waals surface area contributed by atoms with Gasteiger partial charge >= 0.3 is 0 Å². The summed E-state index contributed by atoms with van der Waals surface area (Å²) in [5.41, 5.74) is 0. The first-order chi connectivity index (χ1) is 9.10. The molecule has 1 amide bonds. The molecule has 0 saturated heterocycles. The molecule has 0 bridgehead atoms. The lowest BCUT2D eigenvalue weighted by Crippen LogP contribution is -2.38. The molecule has 1 unspecified atom stereocenters. The van der Waals surface area contributed by atoms with Gasteiger partial charge in [0.1, 0.15) is 5.75 Å². The second-order valence-corrected chi connectivity index (χ2v) is 5.87. The monoisotopic (exact) mass is 281 g/mol. The van der Waals surface area contributed by atoms with Gasteiger partial charge in [0.2, 0.25) is 5.91 Å². The molecular weight excluding hydrogens is 258 g/mol. The fourth-order valence-corrected chi connectivity index (χ4v) is 2.60. The van der Waals surface area contributed by atoms with Crippen LogP contribution in [0.15, 0.2) is 29.2 Å². The molecule has 0 fully saturated rings. The molecule has 0 aliphatic carbocycles. The van der Waals surface area contributed by atoms with Gasteiger partial charge in [0, 0.05) is 10.9 Å². The number of rotatable bonds is 7. The number of hydrogen-bond donors (Lipinski definition) is 1. The number of carbonyl (C=O) groups excluding carboxylic acids is 1. The molecule has 0 aliphatic rings. The van der Waals surface area contributed by atoms with Crippen molar-refractivity contribution >= 4 is 17.7 Å². The lowest BCUT2D eigenvalue weighted by Gasteiger charge is -2.18. The Morgan fingerprint density at radius 1 is 1.26 bits per heavy atom. The van der Waals surface area contributed by atoms with Gasteiger partial charge < -0.3 is 10.1 Å². The maximum atomic E-state index is 12.0. The van der Waals surface area contributed by atoms with Crippen molar-refractivity contribution in [1.82, 2.24) is 5.32 Å².